The molecule has 1 fully saturated rings. The molecule has 1 saturated heterocycles. The van der Waals surface area contributed by atoms with Gasteiger partial charge in [0.25, 0.3) is 0 Å². The van der Waals surface area contributed by atoms with Gasteiger partial charge in [0.15, 0.2) is 0 Å². The van der Waals surface area contributed by atoms with Gasteiger partial charge in [0, 0.05) is 0 Å². The van der Waals surface area contributed by atoms with E-state index in [1.807, 2.05) is 6.07 Å². The number of hydrogen-bond acceptors (Lipinski definition) is 3. The number of nitrogens with zero attached hydrogens (tertiary/aromatic N) is 1. The molecule has 14 heavy (non-hydrogen) atoms. The molecule has 3 nitrogen and oxygen atoms in total. The summed E-state index contributed by atoms with van der Waals surface area (Å²) in [7, 11) is 0. The monoisotopic (exact) mass is 305 g/mol. The summed E-state index contributed by atoms with van der Waals surface area (Å²) in [5.74, 6) is 0. The molecule has 0 bridgehead atoms. The minimum absolute atomic E-state index is 0.0462. The average molecular weight is 305 g/mol. The van der Waals surface area contributed by atoms with Gasteiger partial charge in [0.05, 0.1) is 0 Å². The van der Waals surface area contributed by atoms with E-state index in [0.717, 1.165) is 22.8 Å². The van der Waals surface area contributed by atoms with E-state index in [0.29, 0.717) is 0 Å². The molecular weight excluding hydrogens is 291 g/mol. The number of nitrogen functional groups attached to an aromatic ring is 1. The Kier molecular flexibility index (Phi) is 3.58. The molecule has 0 saturated carbocycles. The topological polar surface area (TPSA) is 48.1 Å². The van der Waals surface area contributed by atoms with Crippen LogP contribution in [0.2, 0.25) is 0 Å². The summed E-state index contributed by atoms with van der Waals surface area (Å²) in [6, 6.07) is 4.01. The zero-order valence-electron chi connectivity index (χ0n) is 7.95. The van der Waals surface area contributed by atoms with Gasteiger partial charge in [-0.05, 0) is 0 Å². The summed E-state index contributed by atoms with van der Waals surface area (Å²) in [6.45, 7) is 1.86. The van der Waals surface area contributed by atoms with Crippen molar-refractivity contribution in [2.75, 3.05) is 18.9 Å². The minimum atomic E-state index is 0.0462. The molecule has 78 valence electrons. The summed E-state index contributed by atoms with van der Waals surface area (Å²) >= 11 is 0.0462. The van der Waals surface area contributed by atoms with Gasteiger partial charge in [-0.15, -0.1) is 0 Å². The van der Waals surface area contributed by atoms with Gasteiger partial charge in [0.2, 0.25) is 0 Å². The first kappa shape index (κ1) is 10.2. The van der Waals surface area contributed by atoms with Gasteiger partial charge in [0.1, 0.15) is 0 Å². The number of rotatable bonds is 2. The van der Waals surface area contributed by atoms with Crippen molar-refractivity contribution < 1.29 is 25.9 Å². The molecule has 0 unspecified atom stereocenters. The number of aromatic nitrogens is 1. The average Bonchev–Trinajstić information content (AvgIpc) is 2.23. The number of pyridine rings is 1. The van der Waals surface area contributed by atoms with Crippen LogP contribution in [0.5, 0.6) is 0 Å². The van der Waals surface area contributed by atoms with E-state index in [2.05, 4.69) is 11.1 Å². The molecule has 1 aliphatic rings. The Labute approximate surface area is 94.3 Å². The van der Waals surface area contributed by atoms with Crippen LogP contribution in [-0.2, 0) is 4.74 Å². The Morgan fingerprint density at radius 2 is 2.14 bits per heavy atom. The molecule has 0 amide bonds. The third-order valence-corrected chi connectivity index (χ3v) is 5.57. The normalized spacial score (nSPS) is 18.6. The first-order valence-corrected chi connectivity index (χ1v) is 7.10. The summed E-state index contributed by atoms with van der Waals surface area (Å²) in [5.41, 5.74) is 6.34. The molecule has 0 aliphatic carbocycles. The van der Waals surface area contributed by atoms with Crippen molar-refractivity contribution in [2.24, 2.45) is 0 Å². The van der Waals surface area contributed by atoms with Crippen molar-refractivity contribution in [3.63, 3.8) is 0 Å². The third-order valence-electron chi connectivity index (χ3n) is 2.17. The molecule has 0 atom stereocenters. The Bertz CT molecular complexity index is 283. The first-order chi connectivity index (χ1) is 6.84. The zero-order valence-corrected chi connectivity index (χ0v) is 10.1. The second-order valence-corrected chi connectivity index (χ2v) is 6.80. The van der Waals surface area contributed by atoms with Crippen LogP contribution < -0.4 is 26.9 Å². The molecule has 1 aromatic rings. The number of halogens is 1. The summed E-state index contributed by atoms with van der Waals surface area (Å²) in [5, 5.41) is 0. The molecular formula is C10H14IN2O-. The Hall–Kier alpha value is -0.360. The molecule has 2 N–H and O–H groups in total. The fourth-order valence-corrected chi connectivity index (χ4v) is 4.11. The number of hydrogen-bond donors (Lipinski definition) is 1. The van der Waals surface area contributed by atoms with E-state index >= 15 is 0 Å². The first-order valence-electron chi connectivity index (χ1n) is 4.77. The van der Waals surface area contributed by atoms with E-state index in [4.69, 9.17) is 10.5 Å². The van der Waals surface area contributed by atoms with Crippen molar-refractivity contribution in [2.45, 2.75) is 16.8 Å². The quantitative estimate of drug-likeness (QED) is 0.395. The molecule has 0 aromatic carbocycles. The molecule has 0 spiro atoms. The predicted molar refractivity (Wildman–Crippen MR) is 51.2 cm³/mol. The van der Waals surface area contributed by atoms with Crippen molar-refractivity contribution in [1.82, 2.24) is 4.98 Å². The second-order valence-electron chi connectivity index (χ2n) is 3.31. The molecule has 4 heteroatoms. The van der Waals surface area contributed by atoms with Crippen LogP contribution in [0.4, 0.5) is 5.69 Å². The summed E-state index contributed by atoms with van der Waals surface area (Å²) in [4.78, 5) is 4.36. The van der Waals surface area contributed by atoms with E-state index in [1.165, 1.54) is 16.5 Å². The third kappa shape index (κ3) is 2.81. The zero-order chi connectivity index (χ0) is 9.80. The fraction of sp³-hybridized carbons (Fsp3) is 0.500. The molecule has 2 rings (SSSR count). The fourth-order valence-electron chi connectivity index (χ4n) is 1.39. The maximum absolute atomic E-state index is 5.59. The van der Waals surface area contributed by atoms with Crippen LogP contribution in [0.3, 0.4) is 0 Å². The summed E-state index contributed by atoms with van der Waals surface area (Å²) in [6.07, 6.45) is 4.17. The van der Waals surface area contributed by atoms with Gasteiger partial charge in [-0.1, -0.05) is 0 Å². The Morgan fingerprint density at radius 1 is 1.36 bits per heavy atom. The maximum atomic E-state index is 5.59. The number of nitrogens with two attached hydrogens (primary N) is 1. The van der Waals surface area contributed by atoms with Crippen LogP contribution in [0.15, 0.2) is 18.3 Å². The van der Waals surface area contributed by atoms with Crippen LogP contribution in [0.1, 0.15) is 12.8 Å². The van der Waals surface area contributed by atoms with Gasteiger partial charge in [-0.2, -0.15) is 0 Å². The van der Waals surface area contributed by atoms with Gasteiger partial charge in [-0.25, -0.2) is 0 Å². The van der Waals surface area contributed by atoms with Crippen LogP contribution in [0.25, 0.3) is 0 Å². The van der Waals surface area contributed by atoms with Crippen LogP contribution in [0, 0.1) is 3.70 Å². The molecule has 2 heterocycles. The molecule has 1 aromatic heterocycles. The van der Waals surface area contributed by atoms with Crippen molar-refractivity contribution in [3.05, 3.63) is 22.0 Å². The van der Waals surface area contributed by atoms with E-state index in [-0.39, 0.29) is 21.2 Å². The number of ether oxygens (including phenoxy) is 1. The second kappa shape index (κ2) is 4.93. The van der Waals surface area contributed by atoms with E-state index < -0.39 is 0 Å². The Balaban J connectivity index is 1.92. The number of alkyl halides is 1. The van der Waals surface area contributed by atoms with Gasteiger partial charge >= 0.3 is 94.4 Å². The van der Waals surface area contributed by atoms with E-state index in [1.54, 1.807) is 6.20 Å². The standard InChI is InChI=1S/C10H14IN2O/c12-9-1-2-10(13-7-9)11-8-3-5-14-6-4-8/h1-2,7-8H,3-6,12H2/q-1. The molecule has 0 radical (unpaired) electrons. The SMILES string of the molecule is Nc1ccc([I-]C2CCOCC2)nc1. The van der Waals surface area contributed by atoms with Crippen LogP contribution >= 0.6 is 0 Å². The van der Waals surface area contributed by atoms with Gasteiger partial charge in [-0.3, -0.25) is 0 Å². The number of anilines is 1. The van der Waals surface area contributed by atoms with Crippen molar-refractivity contribution in [1.29, 1.82) is 0 Å². The van der Waals surface area contributed by atoms with Gasteiger partial charge < -0.3 is 0 Å². The summed E-state index contributed by atoms with van der Waals surface area (Å²) < 4.78 is 7.43. The van der Waals surface area contributed by atoms with E-state index in [9.17, 15) is 0 Å². The predicted octanol–water partition coefficient (Wildman–Crippen LogP) is -1.90. The van der Waals surface area contributed by atoms with Crippen molar-refractivity contribution in [3.8, 4) is 0 Å². The van der Waals surface area contributed by atoms with Crippen LogP contribution in [-0.4, -0.2) is 22.1 Å². The van der Waals surface area contributed by atoms with Crippen molar-refractivity contribution >= 4 is 5.69 Å². The molecule has 1 aliphatic heterocycles. The Morgan fingerprint density at radius 3 is 2.79 bits per heavy atom.